The predicted molar refractivity (Wildman–Crippen MR) is 157 cm³/mol. The Hall–Kier alpha value is -3.24. The molecule has 10 heteroatoms. The number of pyridine rings is 1. The molecule has 4 heterocycles. The summed E-state index contributed by atoms with van der Waals surface area (Å²) in [5, 5.41) is 6.57. The smallest absolute Gasteiger partial charge is 0.251 e. The van der Waals surface area contributed by atoms with Crippen LogP contribution in [0, 0.1) is 5.41 Å². The van der Waals surface area contributed by atoms with E-state index in [0.717, 1.165) is 40.7 Å². The van der Waals surface area contributed by atoms with Gasteiger partial charge in [0.2, 0.25) is 0 Å². The second kappa shape index (κ2) is 11.0. The van der Waals surface area contributed by atoms with Crippen LogP contribution in [0.1, 0.15) is 45.7 Å². The fourth-order valence-electron chi connectivity index (χ4n) is 6.02. The molecule has 5 rings (SSSR count). The van der Waals surface area contributed by atoms with E-state index < -0.39 is 5.92 Å². The number of ether oxygens (including phenoxy) is 1. The maximum Gasteiger partial charge on any atom is 0.251 e. The average molecular weight is 554 g/mol. The van der Waals surface area contributed by atoms with Crippen molar-refractivity contribution in [3.8, 4) is 0 Å². The van der Waals surface area contributed by atoms with Gasteiger partial charge in [0.1, 0.15) is 18.3 Å². The molecule has 0 saturated carbocycles. The van der Waals surface area contributed by atoms with E-state index in [1.807, 2.05) is 54.4 Å². The Balaban J connectivity index is 1.38. The third-order valence-corrected chi connectivity index (χ3v) is 8.38. The molecule has 0 unspecified atom stereocenters. The van der Waals surface area contributed by atoms with Crippen LogP contribution in [-0.4, -0.2) is 61.8 Å². The highest BCUT2D eigenvalue weighted by atomic mass is 19.3. The molecule has 216 valence electrons. The van der Waals surface area contributed by atoms with Crippen LogP contribution in [0.25, 0.3) is 0 Å². The Morgan fingerprint density at radius 1 is 1.12 bits per heavy atom. The van der Waals surface area contributed by atoms with Gasteiger partial charge < -0.3 is 30.9 Å². The number of amidine groups is 1. The van der Waals surface area contributed by atoms with Gasteiger partial charge in [-0.3, -0.25) is 0 Å². The molecule has 2 aromatic rings. The van der Waals surface area contributed by atoms with Gasteiger partial charge in [0.05, 0.1) is 23.9 Å². The highest BCUT2D eigenvalue weighted by Crippen LogP contribution is 2.50. The fraction of sp³-hybridized carbons (Fsp3) is 0.533. The second-order valence-electron chi connectivity index (χ2n) is 11.9. The van der Waals surface area contributed by atoms with Gasteiger partial charge in [-0.1, -0.05) is 13.0 Å². The van der Waals surface area contributed by atoms with E-state index in [9.17, 15) is 8.78 Å². The van der Waals surface area contributed by atoms with Gasteiger partial charge in [0, 0.05) is 61.0 Å². The lowest BCUT2D eigenvalue weighted by molar-refractivity contribution is -0.100. The average Bonchev–Trinajstić information content (AvgIpc) is 3.16. The van der Waals surface area contributed by atoms with Gasteiger partial charge in [-0.05, 0) is 63.7 Å². The van der Waals surface area contributed by atoms with Crippen molar-refractivity contribution in [2.45, 2.75) is 64.1 Å². The van der Waals surface area contributed by atoms with Gasteiger partial charge in [0.15, 0.2) is 0 Å². The van der Waals surface area contributed by atoms with Crippen LogP contribution in [0.4, 0.5) is 26.0 Å². The number of hydrogen-bond donors (Lipinski definition) is 3. The van der Waals surface area contributed by atoms with E-state index in [2.05, 4.69) is 36.3 Å². The molecule has 0 spiro atoms. The number of nitrogens with zero attached hydrogens (tertiary/aromatic N) is 4. The molecule has 3 aliphatic rings. The maximum absolute atomic E-state index is 13.5. The Morgan fingerprint density at radius 2 is 1.85 bits per heavy atom. The van der Waals surface area contributed by atoms with Crippen LogP contribution in [0.3, 0.4) is 0 Å². The number of halogens is 2. The lowest BCUT2D eigenvalue weighted by atomic mass is 9.73. The van der Waals surface area contributed by atoms with Crippen molar-refractivity contribution in [1.29, 1.82) is 0 Å². The molecule has 0 amide bonds. The normalized spacial score (nSPS) is 27.7. The third-order valence-electron chi connectivity index (χ3n) is 8.38. The molecule has 4 N–H and O–H groups in total. The molecule has 0 aliphatic carbocycles. The van der Waals surface area contributed by atoms with Crippen molar-refractivity contribution < 1.29 is 13.5 Å². The number of aromatic nitrogens is 1. The zero-order chi connectivity index (χ0) is 28.5. The summed E-state index contributed by atoms with van der Waals surface area (Å²) >= 11 is 0. The molecule has 3 aliphatic heterocycles. The van der Waals surface area contributed by atoms with Gasteiger partial charge in [0.25, 0.3) is 5.92 Å². The van der Waals surface area contributed by atoms with Crippen molar-refractivity contribution in [3.05, 3.63) is 59.9 Å². The number of fused-ring (bicyclic) bond motifs is 1. The molecule has 8 nitrogen and oxygen atoms in total. The van der Waals surface area contributed by atoms with Crippen molar-refractivity contribution in [2.75, 3.05) is 48.5 Å². The Labute approximate surface area is 235 Å². The summed E-state index contributed by atoms with van der Waals surface area (Å²) in [6.07, 6.45) is 2.26. The standard InChI is InChI=1S/C30H41F2N7O/c1-28(2)16-25-29(3,19-40-28)24(17-33)27(39(25)26-7-5-6-22(37-26)18-34-4)36-20-35-21-8-10-23(11-9-21)38-14-12-30(31,32)13-15-38/h5-11,17,25,34-35H,12-16,18-20,33H2,1-4H3/b24-17+,36-27+/t25-,29-/m0/s1. The maximum atomic E-state index is 13.5. The third kappa shape index (κ3) is 5.65. The number of aliphatic imine (C=N–C) groups is 1. The molecular formula is C30H41F2N7O. The molecule has 40 heavy (non-hydrogen) atoms. The van der Waals surface area contributed by atoms with Crippen LogP contribution in [-0.2, 0) is 11.3 Å². The number of rotatable bonds is 7. The first kappa shape index (κ1) is 28.3. The molecule has 3 fully saturated rings. The summed E-state index contributed by atoms with van der Waals surface area (Å²) in [7, 11) is 1.91. The Morgan fingerprint density at radius 3 is 2.52 bits per heavy atom. The van der Waals surface area contributed by atoms with E-state index in [-0.39, 0.29) is 29.9 Å². The first-order valence-electron chi connectivity index (χ1n) is 14.0. The minimum absolute atomic E-state index is 0.0818. The summed E-state index contributed by atoms with van der Waals surface area (Å²) in [6.45, 7) is 8.71. The number of anilines is 3. The van der Waals surface area contributed by atoms with E-state index in [0.29, 0.717) is 32.9 Å². The molecule has 0 bridgehead atoms. The van der Waals surface area contributed by atoms with Crippen LogP contribution in [0.15, 0.2) is 59.2 Å². The quantitative estimate of drug-likeness (QED) is 0.456. The minimum Gasteiger partial charge on any atom is -0.404 e. The van der Waals surface area contributed by atoms with Crippen LogP contribution >= 0.6 is 0 Å². The summed E-state index contributed by atoms with van der Waals surface area (Å²) < 4.78 is 33.4. The lowest BCUT2D eigenvalue weighted by Crippen LogP contribution is -2.52. The highest BCUT2D eigenvalue weighted by molar-refractivity contribution is 6.13. The van der Waals surface area contributed by atoms with Crippen LogP contribution in [0.5, 0.6) is 0 Å². The molecule has 1 aromatic carbocycles. The highest BCUT2D eigenvalue weighted by Gasteiger charge is 2.56. The monoisotopic (exact) mass is 553 g/mol. The van der Waals surface area contributed by atoms with Crippen molar-refractivity contribution >= 4 is 23.0 Å². The first-order chi connectivity index (χ1) is 19.0. The Bertz CT molecular complexity index is 1250. The molecule has 2 atom stereocenters. The van der Waals surface area contributed by atoms with E-state index >= 15 is 0 Å². The van der Waals surface area contributed by atoms with E-state index in [4.69, 9.17) is 20.4 Å². The lowest BCUT2D eigenvalue weighted by Gasteiger charge is -2.45. The van der Waals surface area contributed by atoms with Crippen molar-refractivity contribution in [3.63, 3.8) is 0 Å². The zero-order valence-electron chi connectivity index (χ0n) is 23.9. The van der Waals surface area contributed by atoms with Crippen molar-refractivity contribution in [1.82, 2.24) is 10.3 Å². The predicted octanol–water partition coefficient (Wildman–Crippen LogP) is 4.74. The van der Waals surface area contributed by atoms with Gasteiger partial charge in [-0.15, -0.1) is 0 Å². The number of alkyl halides is 2. The summed E-state index contributed by atoms with van der Waals surface area (Å²) in [6, 6.07) is 14.0. The van der Waals surface area contributed by atoms with Gasteiger partial charge >= 0.3 is 0 Å². The topological polar surface area (TPSA) is 91.0 Å². The molecule has 1 aromatic heterocycles. The number of hydrogen-bond acceptors (Lipinski definition) is 7. The zero-order valence-corrected chi connectivity index (χ0v) is 23.9. The number of piperidine rings is 1. The first-order valence-corrected chi connectivity index (χ1v) is 14.0. The van der Waals surface area contributed by atoms with E-state index in [1.54, 1.807) is 6.20 Å². The van der Waals surface area contributed by atoms with Crippen LogP contribution in [0.2, 0.25) is 0 Å². The number of nitrogens with two attached hydrogens (primary N) is 1. The van der Waals surface area contributed by atoms with Crippen LogP contribution < -0.4 is 26.2 Å². The second-order valence-corrected chi connectivity index (χ2v) is 11.9. The largest absolute Gasteiger partial charge is 0.404 e. The van der Waals surface area contributed by atoms with Gasteiger partial charge in [-0.2, -0.15) is 0 Å². The SMILES string of the molecule is CNCc1cccc(N2C(=N/CNc3ccc(N4CCC(F)(F)CC4)cc3)/C(=C\N)[C@]3(C)COC(C)(C)C[C@H]23)n1. The molecule has 3 saturated heterocycles. The van der Waals surface area contributed by atoms with E-state index in [1.165, 1.54) is 0 Å². The summed E-state index contributed by atoms with van der Waals surface area (Å²) in [4.78, 5) is 14.2. The van der Waals surface area contributed by atoms with Crippen molar-refractivity contribution in [2.24, 2.45) is 16.1 Å². The molecule has 0 radical (unpaired) electrons. The molecular weight excluding hydrogens is 512 g/mol. The fourth-order valence-corrected chi connectivity index (χ4v) is 6.02. The summed E-state index contributed by atoms with van der Waals surface area (Å²) in [5.74, 6) is -0.917. The van der Waals surface area contributed by atoms with Gasteiger partial charge in [-0.25, -0.2) is 18.8 Å². The summed E-state index contributed by atoms with van der Waals surface area (Å²) in [5.41, 5.74) is 9.40. The number of benzene rings is 1. The minimum atomic E-state index is -2.55. The Kier molecular flexibility index (Phi) is 7.76. The number of nitrogens with one attached hydrogen (secondary N) is 2.